The van der Waals surface area contributed by atoms with Gasteiger partial charge in [-0.05, 0) is 111 Å². The molecule has 2 saturated heterocycles. The van der Waals surface area contributed by atoms with Gasteiger partial charge in [0.1, 0.15) is 6.04 Å². The average molecular weight is 751 g/mol. The third-order valence-electron chi connectivity index (χ3n) is 11.2. The predicted molar refractivity (Wildman–Crippen MR) is 210 cm³/mol. The van der Waals surface area contributed by atoms with Crippen LogP contribution in [0.3, 0.4) is 0 Å². The number of carbonyl (C=O) groups is 4. The summed E-state index contributed by atoms with van der Waals surface area (Å²) in [5.74, 6) is 1.16. The number of fused-ring (bicyclic) bond motifs is 2. The number of aromatic nitrogens is 2. The monoisotopic (exact) mass is 750 g/mol. The zero-order valence-corrected chi connectivity index (χ0v) is 32.3. The number of aryl methyl sites for hydroxylation is 2. The van der Waals surface area contributed by atoms with Gasteiger partial charge in [-0.3, -0.25) is 33.6 Å². The van der Waals surface area contributed by atoms with E-state index >= 15 is 0 Å². The highest BCUT2D eigenvalue weighted by Crippen LogP contribution is 2.36. The number of nitrogens with zero attached hydrogens (tertiary/aromatic N) is 5. The topological polar surface area (TPSA) is 135 Å². The molecule has 1 atom stereocenters. The second kappa shape index (κ2) is 15.6. The van der Waals surface area contributed by atoms with Crippen LogP contribution >= 0.6 is 0 Å². The van der Waals surface area contributed by atoms with Gasteiger partial charge in [0.15, 0.2) is 11.5 Å². The summed E-state index contributed by atoms with van der Waals surface area (Å²) in [5.41, 5.74) is 5.91. The number of rotatable bonds is 11. The molecule has 0 spiro atoms. The predicted octanol–water partition coefficient (Wildman–Crippen LogP) is 4.51. The van der Waals surface area contributed by atoms with Crippen LogP contribution in [-0.4, -0.2) is 77.6 Å². The van der Waals surface area contributed by atoms with E-state index in [0.717, 1.165) is 47.5 Å². The van der Waals surface area contributed by atoms with E-state index in [1.807, 2.05) is 66.1 Å². The number of hydrogen-bond donors (Lipinski definition) is 1. The van der Waals surface area contributed by atoms with Crippen molar-refractivity contribution < 1.29 is 28.7 Å². The number of amides is 4. The molecule has 55 heavy (non-hydrogen) atoms. The number of anilines is 2. The summed E-state index contributed by atoms with van der Waals surface area (Å²) < 4.78 is 14.5. The van der Waals surface area contributed by atoms with Crippen LogP contribution in [0.5, 0.6) is 11.5 Å². The normalized spacial score (nSPS) is 17.8. The van der Waals surface area contributed by atoms with Crippen LogP contribution in [0.1, 0.15) is 68.7 Å². The fourth-order valence-corrected chi connectivity index (χ4v) is 8.16. The van der Waals surface area contributed by atoms with Gasteiger partial charge in [0.25, 0.3) is 0 Å². The van der Waals surface area contributed by atoms with Crippen molar-refractivity contribution in [2.75, 3.05) is 43.6 Å². The number of ether oxygens (including phenoxy) is 2. The van der Waals surface area contributed by atoms with E-state index in [9.17, 15) is 24.0 Å². The number of likely N-dealkylation sites (tertiary alicyclic amines) is 1. The lowest BCUT2D eigenvalue weighted by Gasteiger charge is -2.35. The number of nitrogens with one attached hydrogen (secondary N) is 1. The Kier molecular flexibility index (Phi) is 10.7. The lowest BCUT2D eigenvalue weighted by atomic mass is 9.95. The highest BCUT2D eigenvalue weighted by molar-refractivity contribution is 6.00. The van der Waals surface area contributed by atoms with Crippen LogP contribution in [0.2, 0.25) is 0 Å². The molecule has 1 N–H and O–H groups in total. The Hall–Kier alpha value is -5.59. The SMILES string of the molecule is COc1cc2c(cc1OC(C)C)CN(c1ccc(N(C)CC3CCN(C(=O)CCc4ccc5c(c4)n(C)c(=O)n5C4CCC(=O)NC4=O)CC3)cc1)C(=O)C2. The first-order valence-electron chi connectivity index (χ1n) is 19.2. The zero-order valence-electron chi connectivity index (χ0n) is 32.3. The highest BCUT2D eigenvalue weighted by Gasteiger charge is 2.32. The molecule has 1 aromatic heterocycles. The summed E-state index contributed by atoms with van der Waals surface area (Å²) in [7, 11) is 5.37. The molecule has 4 amide bonds. The molecular formula is C42H50N6O7. The summed E-state index contributed by atoms with van der Waals surface area (Å²) in [5, 5.41) is 2.34. The first kappa shape index (κ1) is 37.7. The van der Waals surface area contributed by atoms with Gasteiger partial charge in [-0.25, -0.2) is 4.79 Å². The second-order valence-corrected chi connectivity index (χ2v) is 15.3. The van der Waals surface area contributed by atoms with E-state index < -0.39 is 11.9 Å². The van der Waals surface area contributed by atoms with E-state index in [0.29, 0.717) is 67.3 Å². The van der Waals surface area contributed by atoms with Crippen LogP contribution in [0.4, 0.5) is 11.4 Å². The molecule has 13 nitrogen and oxygen atoms in total. The van der Waals surface area contributed by atoms with Gasteiger partial charge in [0, 0.05) is 57.9 Å². The zero-order chi connectivity index (χ0) is 39.0. The van der Waals surface area contributed by atoms with Crippen molar-refractivity contribution in [1.82, 2.24) is 19.4 Å². The molecule has 4 aromatic rings. The third-order valence-corrected chi connectivity index (χ3v) is 11.2. The molecule has 0 radical (unpaired) electrons. The molecule has 2 fully saturated rings. The second-order valence-electron chi connectivity index (χ2n) is 15.3. The molecule has 4 heterocycles. The van der Waals surface area contributed by atoms with Gasteiger partial charge in [-0.1, -0.05) is 6.07 Å². The summed E-state index contributed by atoms with van der Waals surface area (Å²) in [4.78, 5) is 69.8. The number of piperidine rings is 2. The van der Waals surface area contributed by atoms with Crippen molar-refractivity contribution in [3.63, 3.8) is 0 Å². The van der Waals surface area contributed by atoms with Crippen LogP contribution in [0, 0.1) is 5.92 Å². The Morgan fingerprint density at radius 1 is 0.927 bits per heavy atom. The van der Waals surface area contributed by atoms with Crippen molar-refractivity contribution in [3.05, 3.63) is 81.8 Å². The molecule has 0 aliphatic carbocycles. The van der Waals surface area contributed by atoms with E-state index in [4.69, 9.17) is 9.47 Å². The fraction of sp³-hybridized carbons (Fsp3) is 0.452. The van der Waals surface area contributed by atoms with Crippen molar-refractivity contribution in [2.24, 2.45) is 13.0 Å². The lowest BCUT2D eigenvalue weighted by molar-refractivity contribution is -0.136. The third kappa shape index (κ3) is 7.83. The number of imidazole rings is 1. The van der Waals surface area contributed by atoms with Gasteiger partial charge in [0.05, 0.1) is 37.2 Å². The summed E-state index contributed by atoms with van der Waals surface area (Å²) >= 11 is 0. The van der Waals surface area contributed by atoms with Crippen LogP contribution in [0.25, 0.3) is 11.0 Å². The maximum absolute atomic E-state index is 13.3. The average Bonchev–Trinajstić information content (AvgIpc) is 3.41. The van der Waals surface area contributed by atoms with Gasteiger partial charge in [-0.15, -0.1) is 0 Å². The first-order chi connectivity index (χ1) is 26.4. The number of methoxy groups -OCH3 is 1. The van der Waals surface area contributed by atoms with E-state index in [1.165, 1.54) is 9.13 Å². The number of benzene rings is 3. The van der Waals surface area contributed by atoms with E-state index in [1.54, 1.807) is 14.2 Å². The maximum atomic E-state index is 13.3. The van der Waals surface area contributed by atoms with Crippen molar-refractivity contribution in [2.45, 2.75) is 77.5 Å². The Bertz CT molecular complexity index is 2180. The molecule has 3 aromatic carbocycles. The summed E-state index contributed by atoms with van der Waals surface area (Å²) in [6, 6.07) is 17.0. The fourth-order valence-electron chi connectivity index (χ4n) is 8.16. The van der Waals surface area contributed by atoms with E-state index in [-0.39, 0.29) is 42.4 Å². The lowest BCUT2D eigenvalue weighted by Crippen LogP contribution is -2.44. The van der Waals surface area contributed by atoms with Crippen molar-refractivity contribution in [1.29, 1.82) is 0 Å². The van der Waals surface area contributed by atoms with Crippen LogP contribution in [-0.2, 0) is 45.6 Å². The molecule has 1 unspecified atom stereocenters. The Morgan fingerprint density at radius 2 is 1.65 bits per heavy atom. The first-order valence-corrected chi connectivity index (χ1v) is 19.2. The van der Waals surface area contributed by atoms with Crippen molar-refractivity contribution in [3.8, 4) is 11.5 Å². The largest absolute Gasteiger partial charge is 0.493 e. The number of imide groups is 1. The standard InChI is InChI=1S/C42H50N6O7/c1-26(2)55-37-22-30-25-47(40(51)23-29(30)21-36(37)54-5)32-10-8-31(9-11-32)44(3)24-28-16-18-46(19-17-28)39(50)15-7-27-6-12-33-35(20-27)45(4)42(53)48(33)34-13-14-38(49)43-41(34)52/h6,8-12,20-22,26,28,34H,7,13-19,23-25H2,1-5H3,(H,43,49,52). The van der Waals surface area contributed by atoms with Gasteiger partial charge >= 0.3 is 5.69 Å². The maximum Gasteiger partial charge on any atom is 0.329 e. The minimum atomic E-state index is -0.730. The quantitative estimate of drug-likeness (QED) is 0.222. The molecule has 3 aliphatic rings. The van der Waals surface area contributed by atoms with Crippen LogP contribution < -0.4 is 30.3 Å². The van der Waals surface area contributed by atoms with E-state index in [2.05, 4.69) is 29.4 Å². The Labute approximate surface area is 320 Å². The molecule has 0 saturated carbocycles. The number of hydrogen-bond acceptors (Lipinski definition) is 8. The molecule has 290 valence electrons. The molecule has 3 aliphatic heterocycles. The smallest absolute Gasteiger partial charge is 0.329 e. The Morgan fingerprint density at radius 3 is 2.35 bits per heavy atom. The summed E-state index contributed by atoms with van der Waals surface area (Å²) in [6.45, 7) is 6.72. The minimum Gasteiger partial charge on any atom is -0.493 e. The molecule has 0 bridgehead atoms. The van der Waals surface area contributed by atoms with Gasteiger partial charge in [-0.2, -0.15) is 0 Å². The number of carbonyl (C=O) groups excluding carboxylic acids is 4. The van der Waals surface area contributed by atoms with Crippen molar-refractivity contribution >= 4 is 46.0 Å². The Balaban J connectivity index is 0.903. The molecule has 7 rings (SSSR count). The summed E-state index contributed by atoms with van der Waals surface area (Å²) in [6.07, 6.45) is 3.54. The molecule has 13 heteroatoms. The van der Waals surface area contributed by atoms with Crippen LogP contribution in [0.15, 0.2) is 59.4 Å². The van der Waals surface area contributed by atoms with Gasteiger partial charge in [0.2, 0.25) is 23.6 Å². The highest BCUT2D eigenvalue weighted by atomic mass is 16.5. The minimum absolute atomic E-state index is 0.00304. The molecular weight excluding hydrogens is 700 g/mol. The van der Waals surface area contributed by atoms with Gasteiger partial charge < -0.3 is 24.2 Å².